The summed E-state index contributed by atoms with van der Waals surface area (Å²) in [5.41, 5.74) is 0.969. The third-order valence-electron chi connectivity index (χ3n) is 4.37. The lowest BCUT2D eigenvalue weighted by atomic mass is 10.0. The first-order chi connectivity index (χ1) is 13.3. The highest BCUT2D eigenvalue weighted by Crippen LogP contribution is 2.32. The number of nitrogens with one attached hydrogen (secondary N) is 1. The van der Waals surface area contributed by atoms with Crippen LogP contribution in [0.4, 0.5) is 11.4 Å². The molecule has 7 nitrogen and oxygen atoms in total. The van der Waals surface area contributed by atoms with E-state index in [0.717, 1.165) is 24.5 Å². The van der Waals surface area contributed by atoms with Gasteiger partial charge in [0, 0.05) is 17.5 Å². The number of benzene rings is 2. The van der Waals surface area contributed by atoms with Crippen LogP contribution in [-0.2, 0) is 17.6 Å². The van der Waals surface area contributed by atoms with E-state index in [1.165, 1.54) is 6.07 Å². The van der Waals surface area contributed by atoms with Gasteiger partial charge in [-0.2, -0.15) is 0 Å². The Morgan fingerprint density at radius 1 is 1.14 bits per heavy atom. The number of carbonyl (C=O) groups is 2. The molecule has 0 bridgehead atoms. The third-order valence-corrected chi connectivity index (χ3v) is 4.62. The number of hydrogen-bond acceptors (Lipinski definition) is 4. The second-order valence-corrected chi connectivity index (χ2v) is 6.72. The number of carboxylic acids is 1. The molecular weight excluding hydrogens is 384 g/mol. The quantitative estimate of drug-likeness (QED) is 0.352. The van der Waals surface area contributed by atoms with Crippen LogP contribution in [0.5, 0.6) is 0 Å². The summed E-state index contributed by atoms with van der Waals surface area (Å²) in [7, 11) is 0. The highest BCUT2D eigenvalue weighted by Gasteiger charge is 2.24. The minimum absolute atomic E-state index is 0.0323. The zero-order chi connectivity index (χ0) is 20.7. The topological polar surface area (TPSA) is 110 Å². The summed E-state index contributed by atoms with van der Waals surface area (Å²) in [6.07, 6.45) is 2.59. The largest absolute Gasteiger partial charge is 0.478 e. The van der Waals surface area contributed by atoms with E-state index in [0.29, 0.717) is 11.4 Å². The van der Waals surface area contributed by atoms with Crippen molar-refractivity contribution in [1.82, 2.24) is 0 Å². The fourth-order valence-corrected chi connectivity index (χ4v) is 3.09. The number of nitro groups is 1. The first kappa shape index (κ1) is 21.4. The van der Waals surface area contributed by atoms with Crippen LogP contribution in [0.1, 0.15) is 47.7 Å². The monoisotopic (exact) mass is 404 g/mol. The van der Waals surface area contributed by atoms with Gasteiger partial charge in [0.2, 0.25) is 5.91 Å². The summed E-state index contributed by atoms with van der Waals surface area (Å²) in [6.45, 7) is 1.69. The minimum atomic E-state index is -1.19. The number of anilines is 1. The third kappa shape index (κ3) is 5.53. The van der Waals surface area contributed by atoms with Crippen LogP contribution >= 0.6 is 11.6 Å². The maximum Gasteiger partial charge on any atom is 0.336 e. The molecule has 0 aliphatic rings. The standard InChI is InChI=1S/C20H21ClN2O5/c1-2-15-16(20(25)26)11-12-17(23(27)28)19(15)22-18(24)6-4-3-5-13-7-9-14(21)10-8-13/h7-12H,2-6H2,1H3,(H,22,24)(H,25,26). The van der Waals surface area contributed by atoms with E-state index in [-0.39, 0.29) is 41.3 Å². The van der Waals surface area contributed by atoms with Crippen molar-refractivity contribution in [2.75, 3.05) is 5.32 Å². The van der Waals surface area contributed by atoms with Crippen LogP contribution < -0.4 is 5.32 Å². The Kier molecular flexibility index (Phi) is 7.52. The normalized spacial score (nSPS) is 10.5. The van der Waals surface area contributed by atoms with Crippen molar-refractivity contribution in [3.63, 3.8) is 0 Å². The number of nitrogens with zero attached hydrogens (tertiary/aromatic N) is 1. The minimum Gasteiger partial charge on any atom is -0.478 e. The van der Waals surface area contributed by atoms with Crippen LogP contribution in [0, 0.1) is 10.1 Å². The van der Waals surface area contributed by atoms with Gasteiger partial charge < -0.3 is 10.4 Å². The van der Waals surface area contributed by atoms with Crippen molar-refractivity contribution in [2.45, 2.75) is 39.0 Å². The van der Waals surface area contributed by atoms with Crippen molar-refractivity contribution >= 4 is 34.9 Å². The molecule has 0 spiro atoms. The van der Waals surface area contributed by atoms with Gasteiger partial charge in [-0.1, -0.05) is 30.7 Å². The van der Waals surface area contributed by atoms with Crippen molar-refractivity contribution in [1.29, 1.82) is 0 Å². The molecule has 2 aromatic rings. The van der Waals surface area contributed by atoms with Gasteiger partial charge in [0.15, 0.2) is 0 Å². The molecule has 0 saturated carbocycles. The number of carboxylic acid groups (broad SMARTS) is 1. The smallest absolute Gasteiger partial charge is 0.336 e. The second kappa shape index (κ2) is 9.85. The molecule has 0 fully saturated rings. The number of carbonyl (C=O) groups excluding carboxylic acids is 1. The fourth-order valence-electron chi connectivity index (χ4n) is 2.96. The van der Waals surface area contributed by atoms with Gasteiger partial charge in [-0.05, 0) is 55.0 Å². The molecule has 0 aromatic heterocycles. The zero-order valence-electron chi connectivity index (χ0n) is 15.4. The lowest BCUT2D eigenvalue weighted by molar-refractivity contribution is -0.384. The molecule has 0 heterocycles. The average Bonchev–Trinajstić information content (AvgIpc) is 2.65. The van der Waals surface area contributed by atoms with Crippen LogP contribution in [0.15, 0.2) is 36.4 Å². The van der Waals surface area contributed by atoms with Gasteiger partial charge in [0.25, 0.3) is 5.69 Å². The Morgan fingerprint density at radius 2 is 1.82 bits per heavy atom. The van der Waals surface area contributed by atoms with Crippen LogP contribution in [-0.4, -0.2) is 21.9 Å². The molecule has 0 saturated heterocycles. The molecule has 8 heteroatoms. The summed E-state index contributed by atoms with van der Waals surface area (Å²) >= 11 is 5.84. The van der Waals surface area contributed by atoms with E-state index in [1.807, 2.05) is 24.3 Å². The first-order valence-electron chi connectivity index (χ1n) is 8.91. The van der Waals surface area contributed by atoms with Crippen molar-refractivity contribution < 1.29 is 19.6 Å². The zero-order valence-corrected chi connectivity index (χ0v) is 16.2. The van der Waals surface area contributed by atoms with Crippen LogP contribution in [0.2, 0.25) is 5.02 Å². The lowest BCUT2D eigenvalue weighted by Crippen LogP contribution is -2.16. The number of aryl methyl sites for hydroxylation is 1. The van der Waals surface area contributed by atoms with Gasteiger partial charge in [-0.15, -0.1) is 0 Å². The summed E-state index contributed by atoms with van der Waals surface area (Å²) in [6, 6.07) is 9.78. The average molecular weight is 405 g/mol. The molecule has 148 valence electrons. The van der Waals surface area contributed by atoms with E-state index < -0.39 is 10.9 Å². The van der Waals surface area contributed by atoms with Crippen molar-refractivity contribution in [3.8, 4) is 0 Å². The Balaban J connectivity index is 2.03. The van der Waals surface area contributed by atoms with E-state index in [9.17, 15) is 24.8 Å². The molecule has 0 atom stereocenters. The van der Waals surface area contributed by atoms with Crippen molar-refractivity contribution in [3.05, 3.63) is 68.2 Å². The number of halogens is 1. The Morgan fingerprint density at radius 3 is 2.39 bits per heavy atom. The number of unbranched alkanes of at least 4 members (excludes halogenated alkanes) is 1. The van der Waals surface area contributed by atoms with Gasteiger partial charge in [0.05, 0.1) is 10.5 Å². The van der Waals surface area contributed by atoms with Crippen molar-refractivity contribution in [2.24, 2.45) is 0 Å². The molecule has 2 N–H and O–H groups in total. The van der Waals surface area contributed by atoms with E-state index in [4.69, 9.17) is 11.6 Å². The molecule has 0 unspecified atom stereocenters. The predicted octanol–water partition coefficient (Wildman–Crippen LogP) is 4.86. The molecule has 2 rings (SSSR count). The van der Waals surface area contributed by atoms with Gasteiger partial charge in [-0.25, -0.2) is 4.79 Å². The van der Waals surface area contributed by atoms with Gasteiger partial charge in [0.1, 0.15) is 5.69 Å². The molecule has 28 heavy (non-hydrogen) atoms. The number of nitro benzene ring substituents is 1. The molecule has 0 aliphatic heterocycles. The molecule has 0 aliphatic carbocycles. The Hall–Kier alpha value is -2.93. The number of hydrogen-bond donors (Lipinski definition) is 2. The van der Waals surface area contributed by atoms with Gasteiger partial charge >= 0.3 is 5.97 Å². The summed E-state index contributed by atoms with van der Waals surface area (Å²) < 4.78 is 0. The Bertz CT molecular complexity index is 881. The number of rotatable bonds is 9. The highest BCUT2D eigenvalue weighted by molar-refractivity contribution is 6.30. The number of aromatic carboxylic acids is 1. The second-order valence-electron chi connectivity index (χ2n) is 6.28. The summed E-state index contributed by atoms with van der Waals surface area (Å²) in [5, 5.41) is 23.8. The predicted molar refractivity (Wildman–Crippen MR) is 107 cm³/mol. The van der Waals surface area contributed by atoms with Gasteiger partial charge in [-0.3, -0.25) is 14.9 Å². The fraction of sp³-hybridized carbons (Fsp3) is 0.300. The number of amides is 1. The SMILES string of the molecule is CCc1c(C(=O)O)ccc([N+](=O)[O-])c1NC(=O)CCCCc1ccc(Cl)cc1. The van der Waals surface area contributed by atoms with Crippen LogP contribution in [0.3, 0.4) is 0 Å². The molecular formula is C20H21ClN2O5. The lowest BCUT2D eigenvalue weighted by Gasteiger charge is -2.13. The Labute approximate surface area is 167 Å². The molecule has 2 aromatic carbocycles. The maximum atomic E-state index is 12.3. The van der Waals surface area contributed by atoms with E-state index >= 15 is 0 Å². The molecule has 1 amide bonds. The summed E-state index contributed by atoms with van der Waals surface area (Å²) in [5.74, 6) is -1.57. The van der Waals surface area contributed by atoms with Crippen LogP contribution in [0.25, 0.3) is 0 Å². The first-order valence-corrected chi connectivity index (χ1v) is 9.29. The highest BCUT2D eigenvalue weighted by atomic mass is 35.5. The summed E-state index contributed by atoms with van der Waals surface area (Å²) in [4.78, 5) is 34.3. The van der Waals surface area contributed by atoms with E-state index in [1.54, 1.807) is 6.92 Å². The molecule has 0 radical (unpaired) electrons. The maximum absolute atomic E-state index is 12.3. The van der Waals surface area contributed by atoms with E-state index in [2.05, 4.69) is 5.32 Å².